The molecule has 0 unspecified atom stereocenters. The van der Waals surface area contributed by atoms with Crippen molar-refractivity contribution in [1.29, 1.82) is 0 Å². The Morgan fingerprint density at radius 2 is 1.65 bits per heavy atom. The number of benzene rings is 3. The lowest BCUT2D eigenvalue weighted by Gasteiger charge is -2.12. The van der Waals surface area contributed by atoms with Gasteiger partial charge in [-0.15, -0.1) is 0 Å². The van der Waals surface area contributed by atoms with Gasteiger partial charge in [0.25, 0.3) is 10.0 Å². The molecular weight excluding hydrogens is 350 g/mol. The number of hydrogen-bond donors (Lipinski definition) is 1. The zero-order valence-electron chi connectivity index (χ0n) is 14.2. The summed E-state index contributed by atoms with van der Waals surface area (Å²) in [4.78, 5) is 11.6. The van der Waals surface area contributed by atoms with Crippen LogP contribution in [-0.2, 0) is 27.6 Å². The number of anilines is 1. The van der Waals surface area contributed by atoms with E-state index in [1.165, 1.54) is 42.5 Å². The van der Waals surface area contributed by atoms with E-state index in [1.807, 2.05) is 24.3 Å². The SMILES string of the molecule is COC(=O)c1ccc(S(=O)(=O)Nc2ccc3c4c(cccc24)CC3)cc1. The highest BCUT2D eigenvalue weighted by molar-refractivity contribution is 7.92. The molecule has 26 heavy (non-hydrogen) atoms. The summed E-state index contributed by atoms with van der Waals surface area (Å²) in [6.07, 6.45) is 1.97. The van der Waals surface area contributed by atoms with E-state index in [0.717, 1.165) is 23.6 Å². The molecule has 3 aromatic carbocycles. The van der Waals surface area contributed by atoms with Crippen LogP contribution in [0.4, 0.5) is 5.69 Å². The molecule has 5 nitrogen and oxygen atoms in total. The van der Waals surface area contributed by atoms with Gasteiger partial charge in [-0.3, -0.25) is 4.72 Å². The minimum absolute atomic E-state index is 0.0911. The summed E-state index contributed by atoms with van der Waals surface area (Å²) in [5.41, 5.74) is 3.36. The highest BCUT2D eigenvalue weighted by Crippen LogP contribution is 2.35. The summed E-state index contributed by atoms with van der Waals surface area (Å²) in [5, 5.41) is 2.06. The maximum Gasteiger partial charge on any atom is 0.337 e. The first-order valence-electron chi connectivity index (χ1n) is 8.24. The molecule has 0 saturated carbocycles. The first kappa shape index (κ1) is 16.6. The number of sulfonamides is 1. The molecule has 0 radical (unpaired) electrons. The van der Waals surface area contributed by atoms with E-state index >= 15 is 0 Å². The second-order valence-electron chi connectivity index (χ2n) is 6.23. The van der Waals surface area contributed by atoms with Gasteiger partial charge >= 0.3 is 5.97 Å². The summed E-state index contributed by atoms with van der Waals surface area (Å²) >= 11 is 0. The van der Waals surface area contributed by atoms with E-state index in [9.17, 15) is 13.2 Å². The normalized spacial score (nSPS) is 13.0. The third-order valence-electron chi connectivity index (χ3n) is 4.71. The Morgan fingerprint density at radius 3 is 2.35 bits per heavy atom. The Bertz CT molecular complexity index is 1110. The Kier molecular flexibility index (Phi) is 3.92. The van der Waals surface area contributed by atoms with Gasteiger partial charge in [-0.25, -0.2) is 13.2 Å². The fraction of sp³-hybridized carbons (Fsp3) is 0.150. The predicted octanol–water partition coefficient (Wildman–Crippen LogP) is 3.53. The number of carbonyl (C=O) groups excluding carboxylic acids is 1. The molecule has 0 bridgehead atoms. The van der Waals surface area contributed by atoms with E-state index in [0.29, 0.717) is 11.3 Å². The number of aryl methyl sites for hydroxylation is 2. The summed E-state index contributed by atoms with van der Waals surface area (Å²) in [5.74, 6) is -0.505. The van der Waals surface area contributed by atoms with E-state index in [1.54, 1.807) is 0 Å². The Labute approximate surface area is 151 Å². The molecule has 0 aliphatic heterocycles. The highest BCUT2D eigenvalue weighted by Gasteiger charge is 2.20. The van der Waals surface area contributed by atoms with Gasteiger partial charge in [-0.1, -0.05) is 24.3 Å². The largest absolute Gasteiger partial charge is 0.465 e. The molecule has 132 valence electrons. The van der Waals surface area contributed by atoms with Gasteiger partial charge < -0.3 is 4.74 Å². The van der Waals surface area contributed by atoms with Crippen LogP contribution in [0.2, 0.25) is 0 Å². The molecule has 0 fully saturated rings. The monoisotopic (exact) mass is 367 g/mol. The van der Waals surface area contributed by atoms with Crippen molar-refractivity contribution in [2.24, 2.45) is 0 Å². The van der Waals surface area contributed by atoms with Gasteiger partial charge in [0.15, 0.2) is 0 Å². The maximum absolute atomic E-state index is 12.8. The molecule has 0 spiro atoms. The number of methoxy groups -OCH3 is 1. The van der Waals surface area contributed by atoms with Gasteiger partial charge in [0.05, 0.1) is 23.3 Å². The molecule has 1 aliphatic rings. The van der Waals surface area contributed by atoms with Crippen molar-refractivity contribution >= 4 is 32.5 Å². The fourth-order valence-electron chi connectivity index (χ4n) is 3.43. The Morgan fingerprint density at radius 1 is 0.962 bits per heavy atom. The van der Waals surface area contributed by atoms with Crippen LogP contribution < -0.4 is 4.72 Å². The minimum Gasteiger partial charge on any atom is -0.465 e. The lowest BCUT2D eigenvalue weighted by molar-refractivity contribution is 0.0600. The number of rotatable bonds is 4. The first-order chi connectivity index (χ1) is 12.5. The van der Waals surface area contributed by atoms with Crippen LogP contribution in [0.5, 0.6) is 0 Å². The zero-order chi connectivity index (χ0) is 18.3. The minimum atomic E-state index is -3.76. The van der Waals surface area contributed by atoms with Crippen molar-refractivity contribution < 1.29 is 17.9 Å². The molecule has 0 atom stereocenters. The molecular formula is C20H17NO4S. The van der Waals surface area contributed by atoms with Crippen LogP contribution in [-0.4, -0.2) is 21.5 Å². The predicted molar refractivity (Wildman–Crippen MR) is 99.9 cm³/mol. The van der Waals surface area contributed by atoms with Crippen LogP contribution in [0.25, 0.3) is 10.8 Å². The van der Waals surface area contributed by atoms with Crippen LogP contribution >= 0.6 is 0 Å². The van der Waals surface area contributed by atoms with Crippen LogP contribution in [0, 0.1) is 0 Å². The summed E-state index contributed by atoms with van der Waals surface area (Å²) < 4.78 is 32.8. The van der Waals surface area contributed by atoms with Crippen LogP contribution in [0.1, 0.15) is 21.5 Å². The van der Waals surface area contributed by atoms with Crippen molar-refractivity contribution in [2.75, 3.05) is 11.8 Å². The third-order valence-corrected chi connectivity index (χ3v) is 6.09. The highest BCUT2D eigenvalue weighted by atomic mass is 32.2. The van der Waals surface area contributed by atoms with Crippen molar-refractivity contribution in [3.8, 4) is 0 Å². The molecule has 0 saturated heterocycles. The number of carbonyl (C=O) groups is 1. The van der Waals surface area contributed by atoms with E-state index in [4.69, 9.17) is 0 Å². The summed E-state index contributed by atoms with van der Waals surface area (Å²) in [6.45, 7) is 0. The average Bonchev–Trinajstić information content (AvgIpc) is 3.08. The standard InChI is InChI=1S/C20H17NO4S/c1-25-20(22)15-7-10-16(11-8-15)26(23,24)21-18-12-9-14-6-5-13-3-2-4-17(18)19(13)14/h2-4,7-12,21H,5-6H2,1H3. The van der Waals surface area contributed by atoms with E-state index < -0.39 is 16.0 Å². The average molecular weight is 367 g/mol. The smallest absolute Gasteiger partial charge is 0.337 e. The van der Waals surface area contributed by atoms with Crippen molar-refractivity contribution in [1.82, 2.24) is 0 Å². The van der Waals surface area contributed by atoms with Gasteiger partial charge in [0, 0.05) is 5.39 Å². The van der Waals surface area contributed by atoms with Crippen molar-refractivity contribution in [3.63, 3.8) is 0 Å². The Hall–Kier alpha value is -2.86. The maximum atomic E-state index is 12.8. The molecule has 6 heteroatoms. The second kappa shape index (κ2) is 6.14. The molecule has 0 heterocycles. The lowest BCUT2D eigenvalue weighted by atomic mass is 10.0. The van der Waals surface area contributed by atoms with Crippen molar-refractivity contribution in [2.45, 2.75) is 17.7 Å². The number of esters is 1. The van der Waals surface area contributed by atoms with Crippen LogP contribution in [0.3, 0.4) is 0 Å². The topological polar surface area (TPSA) is 72.5 Å². The zero-order valence-corrected chi connectivity index (χ0v) is 15.0. The second-order valence-corrected chi connectivity index (χ2v) is 7.92. The lowest BCUT2D eigenvalue weighted by Crippen LogP contribution is -2.13. The van der Waals surface area contributed by atoms with Crippen LogP contribution in [0.15, 0.2) is 59.5 Å². The van der Waals surface area contributed by atoms with Gasteiger partial charge in [0.1, 0.15) is 0 Å². The van der Waals surface area contributed by atoms with Gasteiger partial charge in [-0.2, -0.15) is 0 Å². The molecule has 4 rings (SSSR count). The van der Waals surface area contributed by atoms with Crippen molar-refractivity contribution in [3.05, 3.63) is 71.3 Å². The number of ether oxygens (including phenoxy) is 1. The molecule has 1 aliphatic carbocycles. The number of hydrogen-bond acceptors (Lipinski definition) is 4. The molecule has 0 amide bonds. The van der Waals surface area contributed by atoms with Gasteiger partial charge in [-0.05, 0) is 59.7 Å². The third kappa shape index (κ3) is 2.72. The Balaban J connectivity index is 1.71. The molecule has 3 aromatic rings. The van der Waals surface area contributed by atoms with E-state index in [-0.39, 0.29) is 4.90 Å². The summed E-state index contributed by atoms with van der Waals surface area (Å²) in [7, 11) is -2.48. The van der Waals surface area contributed by atoms with E-state index in [2.05, 4.69) is 15.5 Å². The van der Waals surface area contributed by atoms with Gasteiger partial charge in [0.2, 0.25) is 0 Å². The quantitative estimate of drug-likeness (QED) is 0.716. The number of nitrogens with one attached hydrogen (secondary N) is 1. The fourth-order valence-corrected chi connectivity index (χ4v) is 4.51. The summed E-state index contributed by atoms with van der Waals surface area (Å²) in [6, 6.07) is 15.4. The first-order valence-corrected chi connectivity index (χ1v) is 9.72. The molecule has 1 N–H and O–H groups in total. The molecule has 0 aromatic heterocycles.